The zero-order chi connectivity index (χ0) is 14.9. The molecule has 0 aliphatic heterocycles. The fourth-order valence-corrected chi connectivity index (χ4v) is 2.45. The van der Waals surface area contributed by atoms with Gasteiger partial charge in [-0.3, -0.25) is 0 Å². The molecule has 0 bridgehead atoms. The maximum Gasteiger partial charge on any atom is 0.152 e. The van der Waals surface area contributed by atoms with Gasteiger partial charge < -0.3 is 11.1 Å². The summed E-state index contributed by atoms with van der Waals surface area (Å²) in [6, 6.07) is 12.2. The summed E-state index contributed by atoms with van der Waals surface area (Å²) < 4.78 is 1.83. The molecule has 0 spiro atoms. The third-order valence-electron chi connectivity index (χ3n) is 3.73. The summed E-state index contributed by atoms with van der Waals surface area (Å²) in [7, 11) is 0. The minimum atomic E-state index is -0.381. The SMILES string of the molecule is Cc1cc2c(NC(C)(CN)c3ccccc3)nccn2n1. The number of benzene rings is 1. The van der Waals surface area contributed by atoms with Gasteiger partial charge >= 0.3 is 0 Å². The van der Waals surface area contributed by atoms with Crippen LogP contribution < -0.4 is 11.1 Å². The molecule has 3 aromatic rings. The lowest BCUT2D eigenvalue weighted by Gasteiger charge is -2.30. The number of hydrogen-bond acceptors (Lipinski definition) is 4. The van der Waals surface area contributed by atoms with E-state index in [9.17, 15) is 0 Å². The number of nitrogens with zero attached hydrogens (tertiary/aromatic N) is 3. The number of fused-ring (bicyclic) bond motifs is 1. The Morgan fingerprint density at radius 1 is 1.29 bits per heavy atom. The van der Waals surface area contributed by atoms with E-state index in [1.54, 1.807) is 6.20 Å². The second-order valence-corrected chi connectivity index (χ2v) is 5.42. The third kappa shape index (κ3) is 2.48. The Hall–Kier alpha value is -2.40. The topological polar surface area (TPSA) is 68.2 Å². The van der Waals surface area contributed by atoms with Crippen molar-refractivity contribution in [1.29, 1.82) is 0 Å². The Morgan fingerprint density at radius 2 is 2.05 bits per heavy atom. The molecule has 0 radical (unpaired) electrons. The Bertz CT molecular complexity index is 750. The number of aromatic nitrogens is 3. The van der Waals surface area contributed by atoms with Gasteiger partial charge in [-0.2, -0.15) is 5.10 Å². The van der Waals surface area contributed by atoms with Crippen molar-refractivity contribution >= 4 is 11.3 Å². The first-order chi connectivity index (χ1) is 10.1. The zero-order valence-electron chi connectivity index (χ0n) is 12.2. The van der Waals surface area contributed by atoms with Crippen LogP contribution in [0, 0.1) is 6.92 Å². The highest BCUT2D eigenvalue weighted by molar-refractivity contribution is 5.69. The van der Waals surface area contributed by atoms with Crippen molar-refractivity contribution in [1.82, 2.24) is 14.6 Å². The fourth-order valence-electron chi connectivity index (χ4n) is 2.45. The Morgan fingerprint density at radius 3 is 2.76 bits per heavy atom. The normalized spacial score (nSPS) is 14.0. The van der Waals surface area contributed by atoms with Gasteiger partial charge in [0.05, 0.1) is 11.2 Å². The smallest absolute Gasteiger partial charge is 0.152 e. The van der Waals surface area contributed by atoms with Gasteiger partial charge in [0.2, 0.25) is 0 Å². The average molecular weight is 281 g/mol. The molecule has 21 heavy (non-hydrogen) atoms. The minimum Gasteiger partial charge on any atom is -0.358 e. The first-order valence-electron chi connectivity index (χ1n) is 6.97. The summed E-state index contributed by atoms with van der Waals surface area (Å²) in [5.74, 6) is 0.787. The fraction of sp³-hybridized carbons (Fsp3) is 0.250. The van der Waals surface area contributed by atoms with E-state index >= 15 is 0 Å². The molecule has 1 unspecified atom stereocenters. The highest BCUT2D eigenvalue weighted by Gasteiger charge is 2.26. The molecule has 2 aromatic heterocycles. The highest BCUT2D eigenvalue weighted by Crippen LogP contribution is 2.26. The lowest BCUT2D eigenvalue weighted by molar-refractivity contribution is 0.554. The molecule has 5 heteroatoms. The van der Waals surface area contributed by atoms with Gasteiger partial charge in [0.1, 0.15) is 5.52 Å². The van der Waals surface area contributed by atoms with E-state index in [-0.39, 0.29) is 5.54 Å². The number of nitrogens with two attached hydrogens (primary N) is 1. The van der Waals surface area contributed by atoms with Crippen LogP contribution in [0.15, 0.2) is 48.8 Å². The van der Waals surface area contributed by atoms with Crippen molar-refractivity contribution < 1.29 is 0 Å². The van der Waals surface area contributed by atoms with Crippen LogP contribution in [0.4, 0.5) is 5.82 Å². The number of rotatable bonds is 4. The quantitative estimate of drug-likeness (QED) is 0.770. The molecular formula is C16H19N5. The Balaban J connectivity index is 2.03. The molecule has 108 valence electrons. The Labute approximate surface area is 123 Å². The summed E-state index contributed by atoms with van der Waals surface area (Å²) in [6.45, 7) is 4.51. The first kappa shape index (κ1) is 13.6. The van der Waals surface area contributed by atoms with Crippen LogP contribution in [0.2, 0.25) is 0 Å². The molecule has 0 saturated heterocycles. The van der Waals surface area contributed by atoms with Crippen LogP contribution in [0.1, 0.15) is 18.2 Å². The van der Waals surface area contributed by atoms with E-state index in [1.165, 1.54) is 0 Å². The molecule has 1 atom stereocenters. The van der Waals surface area contributed by atoms with Crippen molar-refractivity contribution in [3.63, 3.8) is 0 Å². The summed E-state index contributed by atoms with van der Waals surface area (Å²) in [6.07, 6.45) is 3.58. The molecule has 3 N–H and O–H groups in total. The van der Waals surface area contributed by atoms with Crippen molar-refractivity contribution in [3.8, 4) is 0 Å². The maximum atomic E-state index is 6.02. The van der Waals surface area contributed by atoms with Gasteiger partial charge in [-0.1, -0.05) is 30.3 Å². The van der Waals surface area contributed by atoms with Gasteiger partial charge in [-0.05, 0) is 25.5 Å². The molecule has 2 heterocycles. The first-order valence-corrected chi connectivity index (χ1v) is 6.97. The van der Waals surface area contributed by atoms with Gasteiger partial charge in [0.15, 0.2) is 5.82 Å². The van der Waals surface area contributed by atoms with E-state index in [0.29, 0.717) is 6.54 Å². The minimum absolute atomic E-state index is 0.381. The molecule has 3 rings (SSSR count). The molecular weight excluding hydrogens is 262 g/mol. The van der Waals surface area contributed by atoms with Crippen molar-refractivity contribution in [2.45, 2.75) is 19.4 Å². The molecule has 1 aromatic carbocycles. The predicted molar refractivity (Wildman–Crippen MR) is 84.2 cm³/mol. The number of anilines is 1. The predicted octanol–water partition coefficient (Wildman–Crippen LogP) is 2.32. The number of hydrogen-bond donors (Lipinski definition) is 2. The monoisotopic (exact) mass is 281 g/mol. The molecule has 5 nitrogen and oxygen atoms in total. The van der Waals surface area contributed by atoms with Crippen LogP contribution >= 0.6 is 0 Å². The molecule has 0 fully saturated rings. The molecule has 0 aliphatic carbocycles. The summed E-state index contributed by atoms with van der Waals surface area (Å²) in [5, 5.41) is 7.89. The second-order valence-electron chi connectivity index (χ2n) is 5.42. The summed E-state index contributed by atoms with van der Waals surface area (Å²) in [4.78, 5) is 4.45. The van der Waals surface area contributed by atoms with E-state index in [2.05, 4.69) is 34.5 Å². The summed E-state index contributed by atoms with van der Waals surface area (Å²) in [5.41, 5.74) is 8.68. The van der Waals surface area contributed by atoms with Crippen LogP contribution in [-0.4, -0.2) is 21.1 Å². The third-order valence-corrected chi connectivity index (χ3v) is 3.73. The van der Waals surface area contributed by atoms with Gasteiger partial charge in [-0.15, -0.1) is 0 Å². The van der Waals surface area contributed by atoms with E-state index in [4.69, 9.17) is 5.73 Å². The molecule has 0 amide bonds. The molecule has 0 saturated carbocycles. The van der Waals surface area contributed by atoms with E-state index < -0.39 is 0 Å². The van der Waals surface area contributed by atoms with Crippen LogP contribution in [0.25, 0.3) is 5.52 Å². The van der Waals surface area contributed by atoms with E-state index in [1.807, 2.05) is 41.9 Å². The van der Waals surface area contributed by atoms with Crippen molar-refractivity contribution in [3.05, 3.63) is 60.0 Å². The van der Waals surface area contributed by atoms with Crippen LogP contribution in [-0.2, 0) is 5.54 Å². The van der Waals surface area contributed by atoms with Gasteiger partial charge in [-0.25, -0.2) is 9.50 Å². The van der Waals surface area contributed by atoms with Crippen molar-refractivity contribution in [2.75, 3.05) is 11.9 Å². The highest BCUT2D eigenvalue weighted by atomic mass is 15.2. The largest absolute Gasteiger partial charge is 0.358 e. The maximum absolute atomic E-state index is 6.02. The average Bonchev–Trinajstić information content (AvgIpc) is 2.89. The number of aryl methyl sites for hydroxylation is 1. The lowest BCUT2D eigenvalue weighted by atomic mass is 9.92. The second kappa shape index (κ2) is 5.18. The zero-order valence-corrected chi connectivity index (χ0v) is 12.2. The standard InChI is InChI=1S/C16H19N5/c1-12-10-14-15(18-8-9-21(14)20-12)19-16(2,11-17)13-6-4-3-5-7-13/h3-10H,11,17H2,1-2H3,(H,18,19). The lowest BCUT2D eigenvalue weighted by Crippen LogP contribution is -2.40. The van der Waals surface area contributed by atoms with Crippen LogP contribution in [0.3, 0.4) is 0 Å². The van der Waals surface area contributed by atoms with Crippen molar-refractivity contribution in [2.24, 2.45) is 5.73 Å². The van der Waals surface area contributed by atoms with E-state index in [0.717, 1.165) is 22.6 Å². The van der Waals surface area contributed by atoms with Gasteiger partial charge in [0, 0.05) is 18.9 Å². The molecule has 0 aliphatic rings. The summed E-state index contributed by atoms with van der Waals surface area (Å²) >= 11 is 0. The van der Waals surface area contributed by atoms with Crippen LogP contribution in [0.5, 0.6) is 0 Å². The number of nitrogens with one attached hydrogen (secondary N) is 1. The van der Waals surface area contributed by atoms with Gasteiger partial charge in [0.25, 0.3) is 0 Å². The Kier molecular flexibility index (Phi) is 3.35.